The van der Waals surface area contributed by atoms with Gasteiger partial charge in [-0.15, -0.1) is 0 Å². The first kappa shape index (κ1) is 20.2. The highest BCUT2D eigenvalue weighted by Crippen LogP contribution is 2.20. The molecule has 2 aromatic carbocycles. The molecule has 9 heteroatoms. The summed E-state index contributed by atoms with van der Waals surface area (Å²) in [4.78, 5) is -0.0118. The number of sulfonamides is 1. The molecule has 2 aromatic rings. The molecule has 0 saturated heterocycles. The number of hydrogen-bond donors (Lipinski definition) is 2. The molecule has 0 aromatic heterocycles. The van der Waals surface area contributed by atoms with Gasteiger partial charge in [-0.1, -0.05) is 0 Å². The molecule has 0 radical (unpaired) electrons. The van der Waals surface area contributed by atoms with E-state index >= 15 is 0 Å². The summed E-state index contributed by atoms with van der Waals surface area (Å²) in [5.74, 6) is -4.35. The van der Waals surface area contributed by atoms with E-state index in [-0.39, 0.29) is 12.6 Å². The minimum atomic E-state index is -4.35. The number of hydrogen-bond acceptors (Lipinski definition) is 3. The van der Waals surface area contributed by atoms with E-state index < -0.39 is 32.4 Å². The number of benzene rings is 2. The van der Waals surface area contributed by atoms with Gasteiger partial charge in [0.25, 0.3) is 0 Å². The van der Waals surface area contributed by atoms with E-state index in [1.165, 1.54) is 7.11 Å². The zero-order chi connectivity index (χ0) is 19.5. The number of likely N-dealkylation sites (N-methyl/N-ethyl adjacent to an activating group) is 1. The van der Waals surface area contributed by atoms with Crippen LogP contribution in [0.3, 0.4) is 0 Å². The maximum Gasteiger partial charge on any atom is 0.243 e. The molecule has 0 aliphatic rings. The summed E-state index contributed by atoms with van der Waals surface area (Å²) < 4.78 is 72.1. The first-order valence-corrected chi connectivity index (χ1v) is 9.23. The van der Waals surface area contributed by atoms with Crippen LogP contribution in [0.1, 0.15) is 11.6 Å². The molecule has 142 valence electrons. The van der Waals surface area contributed by atoms with Crippen molar-refractivity contribution in [3.63, 3.8) is 0 Å². The molecule has 0 aliphatic heterocycles. The van der Waals surface area contributed by atoms with Crippen LogP contribution in [0.2, 0.25) is 0 Å². The number of quaternary nitrogens is 1. The van der Waals surface area contributed by atoms with Crippen LogP contribution < -0.4 is 14.4 Å². The topological polar surface area (TPSA) is 59.8 Å². The summed E-state index contributed by atoms with van der Waals surface area (Å²) >= 11 is 0. The summed E-state index contributed by atoms with van der Waals surface area (Å²) in [5.41, 5.74) is 0.833. The summed E-state index contributed by atoms with van der Waals surface area (Å²) in [5, 5.41) is 0. The second kappa shape index (κ2) is 8.07. The summed E-state index contributed by atoms with van der Waals surface area (Å²) in [7, 11) is 0.856. The summed E-state index contributed by atoms with van der Waals surface area (Å²) in [6.07, 6.45) is 0. The Bertz CT molecular complexity index is 872. The SMILES string of the molecule is COc1ccc([C@H](CNS(=O)(=O)c2ccc(F)c(F)c2F)[NH+](C)C)cc1. The van der Waals surface area contributed by atoms with Gasteiger partial charge in [0.2, 0.25) is 10.0 Å². The lowest BCUT2D eigenvalue weighted by atomic mass is 10.1. The van der Waals surface area contributed by atoms with Crippen molar-refractivity contribution in [2.75, 3.05) is 27.7 Å². The van der Waals surface area contributed by atoms with Gasteiger partial charge in [0.05, 0.1) is 27.7 Å². The second-order valence-electron chi connectivity index (χ2n) is 5.93. The second-order valence-corrected chi connectivity index (χ2v) is 7.66. The Morgan fingerprint density at radius 1 is 1.04 bits per heavy atom. The Hall–Kier alpha value is -2.10. The summed E-state index contributed by atoms with van der Waals surface area (Å²) in [6.45, 7) is -0.0601. The average molecular weight is 389 g/mol. The van der Waals surface area contributed by atoms with Crippen LogP contribution >= 0.6 is 0 Å². The monoisotopic (exact) mass is 389 g/mol. The van der Waals surface area contributed by atoms with Gasteiger partial charge < -0.3 is 9.64 Å². The number of ether oxygens (including phenoxy) is 1. The summed E-state index contributed by atoms with van der Waals surface area (Å²) in [6, 6.07) is 8.06. The normalized spacial score (nSPS) is 13.0. The van der Waals surface area contributed by atoms with Crippen molar-refractivity contribution in [3.05, 3.63) is 59.4 Å². The van der Waals surface area contributed by atoms with Crippen molar-refractivity contribution < 1.29 is 31.2 Å². The molecule has 0 bridgehead atoms. The third-order valence-corrected chi connectivity index (χ3v) is 5.42. The van der Waals surface area contributed by atoms with E-state index in [4.69, 9.17) is 4.74 Å². The van der Waals surface area contributed by atoms with Gasteiger partial charge >= 0.3 is 0 Å². The predicted octanol–water partition coefficient (Wildman–Crippen LogP) is 1.28. The highest BCUT2D eigenvalue weighted by molar-refractivity contribution is 7.89. The quantitative estimate of drug-likeness (QED) is 0.702. The Morgan fingerprint density at radius 2 is 1.65 bits per heavy atom. The molecule has 2 N–H and O–H groups in total. The van der Waals surface area contributed by atoms with E-state index in [0.717, 1.165) is 10.5 Å². The Labute approximate surface area is 150 Å². The molecular weight excluding hydrogens is 369 g/mol. The molecular formula is C17H20F3N2O3S+. The number of nitrogens with one attached hydrogen (secondary N) is 2. The van der Waals surface area contributed by atoms with Gasteiger partial charge in [0, 0.05) is 5.56 Å². The zero-order valence-electron chi connectivity index (χ0n) is 14.5. The first-order valence-electron chi connectivity index (χ1n) is 7.74. The molecule has 1 atom stereocenters. The molecule has 0 spiro atoms. The fourth-order valence-corrected chi connectivity index (χ4v) is 3.59. The van der Waals surface area contributed by atoms with Gasteiger partial charge in [-0.2, -0.15) is 0 Å². The van der Waals surface area contributed by atoms with Gasteiger partial charge in [-0.25, -0.2) is 26.3 Å². The minimum Gasteiger partial charge on any atom is -0.497 e. The van der Waals surface area contributed by atoms with Crippen LogP contribution in [0.25, 0.3) is 0 Å². The molecule has 0 aliphatic carbocycles. The minimum absolute atomic E-state index is 0.0601. The van der Waals surface area contributed by atoms with Gasteiger partial charge in [-0.05, 0) is 36.4 Å². The fourth-order valence-electron chi connectivity index (χ4n) is 2.48. The largest absolute Gasteiger partial charge is 0.497 e. The standard InChI is InChI=1S/C17H19F3N2O3S/c1-22(2)14(11-4-6-12(25-3)7-5-11)10-21-26(23,24)15-9-8-13(18)16(19)17(15)20/h4-9,14,21H,10H2,1-3H3/p+1/t14-/m0/s1. The van der Waals surface area contributed by atoms with Crippen molar-refractivity contribution in [1.82, 2.24) is 4.72 Å². The molecule has 0 fully saturated rings. The van der Waals surface area contributed by atoms with Gasteiger partial charge in [-0.3, -0.25) is 0 Å². The lowest BCUT2D eigenvalue weighted by molar-refractivity contribution is -0.890. The van der Waals surface area contributed by atoms with Crippen LogP contribution in [0.4, 0.5) is 13.2 Å². The van der Waals surface area contributed by atoms with Crippen LogP contribution in [-0.2, 0) is 10.0 Å². The van der Waals surface area contributed by atoms with E-state index in [2.05, 4.69) is 4.72 Å². The lowest BCUT2D eigenvalue weighted by Gasteiger charge is -2.22. The van der Waals surface area contributed by atoms with Crippen molar-refractivity contribution in [3.8, 4) is 5.75 Å². The van der Waals surface area contributed by atoms with Crippen molar-refractivity contribution >= 4 is 10.0 Å². The molecule has 0 unspecified atom stereocenters. The average Bonchev–Trinajstić information content (AvgIpc) is 2.59. The molecule has 0 amide bonds. The smallest absolute Gasteiger partial charge is 0.243 e. The van der Waals surface area contributed by atoms with Crippen LogP contribution in [0.15, 0.2) is 41.3 Å². The molecule has 2 rings (SSSR count). The van der Waals surface area contributed by atoms with E-state index in [9.17, 15) is 21.6 Å². The maximum absolute atomic E-state index is 13.8. The van der Waals surface area contributed by atoms with E-state index in [1.54, 1.807) is 24.3 Å². The van der Waals surface area contributed by atoms with E-state index in [0.29, 0.717) is 17.9 Å². The van der Waals surface area contributed by atoms with Crippen LogP contribution in [0.5, 0.6) is 5.75 Å². The van der Waals surface area contributed by atoms with Crippen molar-refractivity contribution in [2.45, 2.75) is 10.9 Å². The molecule has 26 heavy (non-hydrogen) atoms. The number of rotatable bonds is 7. The third kappa shape index (κ3) is 4.35. The highest BCUT2D eigenvalue weighted by Gasteiger charge is 2.26. The third-order valence-electron chi connectivity index (χ3n) is 3.98. The van der Waals surface area contributed by atoms with Crippen LogP contribution in [0, 0.1) is 17.5 Å². The lowest BCUT2D eigenvalue weighted by Crippen LogP contribution is -3.07. The fraction of sp³-hybridized carbons (Fsp3) is 0.294. The maximum atomic E-state index is 13.8. The predicted molar refractivity (Wildman–Crippen MR) is 90.1 cm³/mol. The zero-order valence-corrected chi connectivity index (χ0v) is 15.3. The van der Waals surface area contributed by atoms with Gasteiger partial charge in [0.15, 0.2) is 17.5 Å². The van der Waals surface area contributed by atoms with E-state index in [1.807, 2.05) is 14.1 Å². The van der Waals surface area contributed by atoms with Gasteiger partial charge in [0.1, 0.15) is 16.7 Å². The molecule has 0 saturated carbocycles. The highest BCUT2D eigenvalue weighted by atomic mass is 32.2. The van der Waals surface area contributed by atoms with Crippen molar-refractivity contribution in [2.24, 2.45) is 0 Å². The Balaban J connectivity index is 2.24. The Morgan fingerprint density at radius 3 is 2.19 bits per heavy atom. The number of halogens is 3. The Kier molecular flexibility index (Phi) is 6.27. The number of methoxy groups -OCH3 is 1. The van der Waals surface area contributed by atoms with Crippen LogP contribution in [-0.4, -0.2) is 36.2 Å². The van der Waals surface area contributed by atoms with Crippen molar-refractivity contribution in [1.29, 1.82) is 0 Å². The molecule has 5 nitrogen and oxygen atoms in total. The first-order chi connectivity index (χ1) is 12.2. The molecule has 0 heterocycles.